The average molecular weight is 463 g/mol. The molecule has 2 aromatic carbocycles. The van der Waals surface area contributed by atoms with Crippen LogP contribution in [0.1, 0.15) is 30.7 Å². The molecule has 0 aliphatic heterocycles. The molecule has 5 nitrogen and oxygen atoms in total. The number of nitrogens with one attached hydrogen (secondary N) is 1. The van der Waals surface area contributed by atoms with Crippen LogP contribution in [0.15, 0.2) is 53.0 Å². The smallest absolute Gasteiger partial charge is 0.234 e. The van der Waals surface area contributed by atoms with Gasteiger partial charge >= 0.3 is 0 Å². The summed E-state index contributed by atoms with van der Waals surface area (Å²) >= 11 is 3.29. The summed E-state index contributed by atoms with van der Waals surface area (Å²) in [5.41, 5.74) is 3.50. The van der Waals surface area contributed by atoms with Crippen LogP contribution in [0.25, 0.3) is 22.2 Å². The molecule has 1 unspecified atom stereocenters. The first-order chi connectivity index (χ1) is 15.6. The molecule has 1 aliphatic carbocycles. The lowest BCUT2D eigenvalue weighted by molar-refractivity contribution is -0.113. The molecule has 0 bridgehead atoms. The first-order valence-electron chi connectivity index (χ1n) is 11.1. The third kappa shape index (κ3) is 4.07. The molecule has 0 saturated heterocycles. The maximum atomic E-state index is 12.7. The lowest BCUT2D eigenvalue weighted by Crippen LogP contribution is -2.15. The van der Waals surface area contributed by atoms with Gasteiger partial charge in [-0.1, -0.05) is 55.1 Å². The molecule has 1 amide bonds. The first kappa shape index (κ1) is 21.2. The fraction of sp³-hybridized carbons (Fsp3) is 0.320. The number of hydrogen-bond donors (Lipinski definition) is 1. The molecule has 164 valence electrons. The maximum Gasteiger partial charge on any atom is 0.234 e. The highest BCUT2D eigenvalue weighted by Gasteiger charge is 2.24. The number of anilines is 1. The molecule has 7 heteroatoms. The van der Waals surface area contributed by atoms with Gasteiger partial charge in [-0.05, 0) is 49.1 Å². The summed E-state index contributed by atoms with van der Waals surface area (Å²) in [6, 6.07) is 14.0. The van der Waals surface area contributed by atoms with E-state index in [0.717, 1.165) is 52.7 Å². The average Bonchev–Trinajstić information content (AvgIpc) is 3.40. The molecule has 2 aromatic heterocycles. The third-order valence-electron chi connectivity index (χ3n) is 6.07. The second-order valence-corrected chi connectivity index (χ2v) is 10.2. The lowest BCUT2D eigenvalue weighted by atomic mass is 9.88. The second kappa shape index (κ2) is 9.08. The summed E-state index contributed by atoms with van der Waals surface area (Å²) in [7, 11) is 0. The summed E-state index contributed by atoms with van der Waals surface area (Å²) in [6.45, 7) is 5.21. The summed E-state index contributed by atoms with van der Waals surface area (Å²) in [4.78, 5) is 14.2. The SMILES string of the molecule is CCn1c(SCC(=O)Nc2cccc3ccccc23)nnc1-c1csc2c1CCC(C)C2. The Morgan fingerprint density at radius 1 is 1.22 bits per heavy atom. The van der Waals surface area contributed by atoms with Crippen molar-refractivity contribution in [2.75, 3.05) is 11.1 Å². The van der Waals surface area contributed by atoms with Crippen LogP contribution in [-0.4, -0.2) is 26.4 Å². The van der Waals surface area contributed by atoms with Crippen molar-refractivity contribution in [2.45, 2.75) is 44.8 Å². The van der Waals surface area contributed by atoms with Crippen molar-refractivity contribution in [3.05, 3.63) is 58.3 Å². The molecule has 4 aromatic rings. The minimum absolute atomic E-state index is 0.0412. The summed E-state index contributed by atoms with van der Waals surface area (Å²) < 4.78 is 2.14. The van der Waals surface area contributed by atoms with Gasteiger partial charge in [-0.2, -0.15) is 0 Å². The number of thioether (sulfide) groups is 1. The van der Waals surface area contributed by atoms with Gasteiger partial charge in [0.1, 0.15) is 0 Å². The minimum atomic E-state index is -0.0412. The zero-order valence-electron chi connectivity index (χ0n) is 18.3. The van der Waals surface area contributed by atoms with E-state index in [1.807, 2.05) is 41.7 Å². The van der Waals surface area contributed by atoms with E-state index in [-0.39, 0.29) is 5.91 Å². The summed E-state index contributed by atoms with van der Waals surface area (Å²) in [5, 5.41) is 17.2. The van der Waals surface area contributed by atoms with Crippen LogP contribution in [0.2, 0.25) is 0 Å². The molecular weight excluding hydrogens is 436 g/mol. The third-order valence-corrected chi connectivity index (χ3v) is 8.09. The van der Waals surface area contributed by atoms with Crippen LogP contribution < -0.4 is 5.32 Å². The first-order valence-corrected chi connectivity index (χ1v) is 12.9. The van der Waals surface area contributed by atoms with E-state index in [4.69, 9.17) is 0 Å². The Labute approximate surface area is 196 Å². The highest BCUT2D eigenvalue weighted by Crippen LogP contribution is 2.38. The van der Waals surface area contributed by atoms with Crippen LogP contribution in [0.5, 0.6) is 0 Å². The molecular formula is C25H26N4OS2. The van der Waals surface area contributed by atoms with Crippen molar-refractivity contribution in [1.29, 1.82) is 0 Å². The summed E-state index contributed by atoms with van der Waals surface area (Å²) in [5.74, 6) is 1.93. The van der Waals surface area contributed by atoms with Gasteiger partial charge in [0, 0.05) is 33.4 Å². The molecule has 0 radical (unpaired) electrons. The fourth-order valence-electron chi connectivity index (χ4n) is 4.40. The Morgan fingerprint density at radius 3 is 2.94 bits per heavy atom. The van der Waals surface area contributed by atoms with E-state index >= 15 is 0 Å². The number of rotatable bonds is 6. The molecule has 5 rings (SSSR count). The molecule has 1 atom stereocenters. The van der Waals surface area contributed by atoms with Crippen LogP contribution >= 0.6 is 23.1 Å². The molecule has 1 N–H and O–H groups in total. The van der Waals surface area contributed by atoms with Crippen molar-refractivity contribution in [3.8, 4) is 11.4 Å². The maximum absolute atomic E-state index is 12.7. The standard InChI is InChI=1S/C25H26N4OS2/c1-3-29-24(20-14-31-22-13-16(2)11-12-19(20)22)27-28-25(29)32-15-23(30)26-21-10-6-8-17-7-4-5-9-18(17)21/h4-10,14,16H,3,11-13,15H2,1-2H3,(H,26,30). The van der Waals surface area contributed by atoms with Gasteiger partial charge in [-0.25, -0.2) is 0 Å². The number of nitrogens with zero attached hydrogens (tertiary/aromatic N) is 3. The monoisotopic (exact) mass is 462 g/mol. The normalized spacial score (nSPS) is 15.6. The van der Waals surface area contributed by atoms with Crippen LogP contribution in [0, 0.1) is 5.92 Å². The van der Waals surface area contributed by atoms with E-state index in [1.165, 1.54) is 34.2 Å². The zero-order valence-corrected chi connectivity index (χ0v) is 19.9. The number of benzene rings is 2. The number of fused-ring (bicyclic) bond motifs is 2. The largest absolute Gasteiger partial charge is 0.325 e. The molecule has 1 aliphatic rings. The number of carbonyl (C=O) groups excluding carboxylic acids is 1. The quantitative estimate of drug-likeness (QED) is 0.355. The Hall–Kier alpha value is -2.64. The van der Waals surface area contributed by atoms with Crippen LogP contribution in [0.4, 0.5) is 5.69 Å². The Morgan fingerprint density at radius 2 is 2.06 bits per heavy atom. The number of aromatic nitrogens is 3. The van der Waals surface area contributed by atoms with Gasteiger partial charge < -0.3 is 9.88 Å². The van der Waals surface area contributed by atoms with Gasteiger partial charge in [0.25, 0.3) is 0 Å². The highest BCUT2D eigenvalue weighted by molar-refractivity contribution is 7.99. The van der Waals surface area contributed by atoms with Gasteiger partial charge in [0.15, 0.2) is 11.0 Å². The van der Waals surface area contributed by atoms with Gasteiger partial charge in [-0.3, -0.25) is 4.79 Å². The van der Waals surface area contributed by atoms with E-state index < -0.39 is 0 Å². The molecule has 2 heterocycles. The van der Waals surface area contributed by atoms with Crippen molar-refractivity contribution >= 4 is 45.5 Å². The molecule has 0 fully saturated rings. The Bertz CT molecular complexity index is 1270. The zero-order chi connectivity index (χ0) is 22.1. The van der Waals surface area contributed by atoms with Gasteiger partial charge in [0.05, 0.1) is 5.75 Å². The van der Waals surface area contributed by atoms with E-state index in [9.17, 15) is 4.79 Å². The Kier molecular flexibility index (Phi) is 6.02. The van der Waals surface area contributed by atoms with Crippen molar-refractivity contribution in [2.24, 2.45) is 5.92 Å². The summed E-state index contributed by atoms with van der Waals surface area (Å²) in [6.07, 6.45) is 3.50. The highest BCUT2D eigenvalue weighted by atomic mass is 32.2. The van der Waals surface area contributed by atoms with Crippen LogP contribution in [0.3, 0.4) is 0 Å². The second-order valence-electron chi connectivity index (χ2n) is 8.31. The van der Waals surface area contributed by atoms with Crippen molar-refractivity contribution in [3.63, 3.8) is 0 Å². The number of hydrogen-bond acceptors (Lipinski definition) is 5. The molecule has 0 spiro atoms. The number of amides is 1. The Balaban J connectivity index is 1.31. The van der Waals surface area contributed by atoms with E-state index in [1.54, 1.807) is 0 Å². The van der Waals surface area contributed by atoms with E-state index in [2.05, 4.69) is 51.4 Å². The predicted octanol–water partition coefficient (Wildman–Crippen LogP) is 6.04. The van der Waals surface area contributed by atoms with Gasteiger partial charge in [-0.15, -0.1) is 21.5 Å². The van der Waals surface area contributed by atoms with E-state index in [0.29, 0.717) is 5.75 Å². The molecule has 32 heavy (non-hydrogen) atoms. The predicted molar refractivity (Wildman–Crippen MR) is 133 cm³/mol. The topological polar surface area (TPSA) is 59.8 Å². The molecule has 0 saturated carbocycles. The van der Waals surface area contributed by atoms with Gasteiger partial charge in [0.2, 0.25) is 5.91 Å². The number of thiophene rings is 1. The minimum Gasteiger partial charge on any atom is -0.325 e. The lowest BCUT2D eigenvalue weighted by Gasteiger charge is -2.19. The number of carbonyl (C=O) groups is 1. The van der Waals surface area contributed by atoms with Crippen LogP contribution in [-0.2, 0) is 24.2 Å². The van der Waals surface area contributed by atoms with Crippen molar-refractivity contribution < 1.29 is 4.79 Å². The van der Waals surface area contributed by atoms with Crippen molar-refractivity contribution in [1.82, 2.24) is 14.8 Å². The fourth-order valence-corrected chi connectivity index (χ4v) is 6.44.